The van der Waals surface area contributed by atoms with Crippen molar-refractivity contribution < 1.29 is 13.2 Å². The van der Waals surface area contributed by atoms with Crippen molar-refractivity contribution in [3.63, 3.8) is 0 Å². The number of fused-ring (bicyclic) bond motifs is 2. The Hall–Kier alpha value is -1.40. The van der Waals surface area contributed by atoms with Crippen molar-refractivity contribution in [1.82, 2.24) is 10.2 Å². The summed E-state index contributed by atoms with van der Waals surface area (Å²) in [4.78, 5) is 14.8. The highest BCUT2D eigenvalue weighted by molar-refractivity contribution is 7.90. The van der Waals surface area contributed by atoms with Crippen LogP contribution in [0.4, 0.5) is 0 Å². The Kier molecular flexibility index (Phi) is 5.21. The van der Waals surface area contributed by atoms with E-state index in [1.54, 1.807) is 29.2 Å². The highest BCUT2D eigenvalue weighted by atomic mass is 32.2. The Labute approximate surface area is 150 Å². The molecule has 5 nitrogen and oxygen atoms in total. The largest absolute Gasteiger partial charge is 0.339 e. The van der Waals surface area contributed by atoms with Gasteiger partial charge in [0.15, 0.2) is 9.84 Å². The van der Waals surface area contributed by atoms with Crippen LogP contribution in [-0.4, -0.2) is 44.6 Å². The molecule has 1 N–H and O–H groups in total. The van der Waals surface area contributed by atoms with Crippen molar-refractivity contribution in [1.29, 1.82) is 0 Å². The number of hydrogen-bond donors (Lipinski definition) is 1. The smallest absolute Gasteiger partial charge is 0.223 e. The Morgan fingerprint density at radius 2 is 1.76 bits per heavy atom. The molecule has 1 aromatic rings. The van der Waals surface area contributed by atoms with E-state index < -0.39 is 9.84 Å². The van der Waals surface area contributed by atoms with E-state index in [9.17, 15) is 13.2 Å². The van der Waals surface area contributed by atoms with Crippen molar-refractivity contribution in [2.24, 2.45) is 5.92 Å². The van der Waals surface area contributed by atoms with Crippen LogP contribution in [0.1, 0.15) is 50.6 Å². The second-order valence-corrected chi connectivity index (χ2v) is 9.72. The van der Waals surface area contributed by atoms with Gasteiger partial charge in [0.2, 0.25) is 5.91 Å². The van der Waals surface area contributed by atoms with Gasteiger partial charge in [0, 0.05) is 31.8 Å². The summed E-state index contributed by atoms with van der Waals surface area (Å²) >= 11 is 0. The van der Waals surface area contributed by atoms with E-state index >= 15 is 0 Å². The molecule has 2 bridgehead atoms. The minimum atomic E-state index is -3.19. The maximum atomic E-state index is 12.7. The van der Waals surface area contributed by atoms with Crippen molar-refractivity contribution in [3.8, 4) is 0 Å². The first-order valence-corrected chi connectivity index (χ1v) is 10.9. The van der Waals surface area contributed by atoms with E-state index in [1.165, 1.54) is 19.1 Å². The van der Waals surface area contributed by atoms with E-state index in [0.29, 0.717) is 29.3 Å². The molecular weight excluding hydrogens is 336 g/mol. The second kappa shape index (κ2) is 7.08. The number of amides is 1. The molecular formula is C19H28N2O3S. The fraction of sp³-hybridized carbons (Fsp3) is 0.632. The van der Waals surface area contributed by atoms with Gasteiger partial charge >= 0.3 is 0 Å². The van der Waals surface area contributed by atoms with Crippen LogP contribution in [0.3, 0.4) is 0 Å². The molecule has 2 fully saturated rings. The lowest BCUT2D eigenvalue weighted by Crippen LogP contribution is -2.40. The minimum absolute atomic E-state index is 0.0699. The summed E-state index contributed by atoms with van der Waals surface area (Å²) in [5, 5.41) is 3.61. The van der Waals surface area contributed by atoms with Gasteiger partial charge in [0.25, 0.3) is 0 Å². The van der Waals surface area contributed by atoms with E-state index in [4.69, 9.17) is 0 Å². The quantitative estimate of drug-likeness (QED) is 0.872. The molecule has 0 radical (unpaired) electrons. The molecule has 2 saturated heterocycles. The number of benzene rings is 1. The number of carbonyl (C=O) groups is 1. The van der Waals surface area contributed by atoms with Crippen LogP contribution in [0.2, 0.25) is 0 Å². The lowest BCUT2D eigenvalue weighted by molar-refractivity contribution is -0.133. The summed E-state index contributed by atoms with van der Waals surface area (Å²) < 4.78 is 23.1. The maximum absolute atomic E-state index is 12.7. The van der Waals surface area contributed by atoms with Gasteiger partial charge in [-0.25, -0.2) is 8.42 Å². The van der Waals surface area contributed by atoms with Crippen molar-refractivity contribution in [2.75, 3.05) is 13.3 Å². The molecule has 0 saturated carbocycles. The normalized spacial score (nSPS) is 27.1. The number of carbonyl (C=O) groups excluding carboxylic acids is 1. The van der Waals surface area contributed by atoms with E-state index in [2.05, 4.69) is 5.32 Å². The van der Waals surface area contributed by atoms with Gasteiger partial charge in [0.05, 0.1) is 10.9 Å². The Bertz CT molecular complexity index is 718. The summed E-state index contributed by atoms with van der Waals surface area (Å²) in [5.41, 5.74) is 0.952. The Morgan fingerprint density at radius 1 is 1.20 bits per heavy atom. The molecule has 2 aliphatic heterocycles. The van der Waals surface area contributed by atoms with Crippen molar-refractivity contribution in [2.45, 2.75) is 62.0 Å². The first kappa shape index (κ1) is 18.4. The van der Waals surface area contributed by atoms with Gasteiger partial charge in [-0.2, -0.15) is 0 Å². The zero-order chi connectivity index (χ0) is 18.2. The van der Waals surface area contributed by atoms with Crippen molar-refractivity contribution >= 4 is 15.7 Å². The zero-order valence-corrected chi connectivity index (χ0v) is 16.1. The molecule has 6 heteroatoms. The van der Waals surface area contributed by atoms with Crippen molar-refractivity contribution in [3.05, 3.63) is 29.8 Å². The molecule has 2 heterocycles. The first-order valence-electron chi connectivity index (χ1n) is 9.05. The topological polar surface area (TPSA) is 66.5 Å². The molecule has 0 aromatic heterocycles. The Balaban J connectivity index is 1.61. The van der Waals surface area contributed by atoms with Crippen LogP contribution in [-0.2, 0) is 14.6 Å². The molecule has 1 amide bonds. The average molecular weight is 365 g/mol. The van der Waals surface area contributed by atoms with Gasteiger partial charge in [-0.1, -0.05) is 12.1 Å². The summed E-state index contributed by atoms with van der Waals surface area (Å²) in [7, 11) is -1.35. The second-order valence-electron chi connectivity index (χ2n) is 7.70. The van der Waals surface area contributed by atoms with E-state index in [0.717, 1.165) is 18.4 Å². The standard InChI is InChI=1S/C19H28N2O3S/c1-13(15-4-8-18(9-5-15)25(3,23)24)21(2)19(22)12-14-10-16-6-7-17(11-14)20-16/h4-5,8-9,13-14,16-17,20H,6-7,10-12H2,1-3H3. The van der Waals surface area contributed by atoms with Crippen LogP contribution in [0, 0.1) is 5.92 Å². The summed E-state index contributed by atoms with van der Waals surface area (Å²) in [5.74, 6) is 0.652. The molecule has 3 unspecified atom stereocenters. The number of sulfone groups is 1. The third kappa shape index (κ3) is 4.23. The fourth-order valence-corrected chi connectivity index (χ4v) is 4.80. The first-order chi connectivity index (χ1) is 11.7. The lowest BCUT2D eigenvalue weighted by atomic mass is 9.89. The number of rotatable bonds is 5. The Morgan fingerprint density at radius 3 is 2.28 bits per heavy atom. The molecule has 138 valence electrons. The number of hydrogen-bond acceptors (Lipinski definition) is 4. The molecule has 1 aromatic carbocycles. The van der Waals surface area contributed by atoms with Crippen LogP contribution in [0.25, 0.3) is 0 Å². The average Bonchev–Trinajstić information content (AvgIpc) is 2.91. The third-order valence-electron chi connectivity index (χ3n) is 5.80. The van der Waals surface area contributed by atoms with Gasteiger partial charge in [-0.05, 0) is 56.2 Å². The number of piperidine rings is 1. The fourth-order valence-electron chi connectivity index (χ4n) is 4.17. The molecule has 3 atom stereocenters. The zero-order valence-electron chi connectivity index (χ0n) is 15.2. The molecule has 2 aliphatic rings. The van der Waals surface area contributed by atoms with Crippen LogP contribution in [0.15, 0.2) is 29.2 Å². The van der Waals surface area contributed by atoms with Gasteiger partial charge in [-0.15, -0.1) is 0 Å². The molecule has 3 rings (SSSR count). The summed E-state index contributed by atoms with van der Waals surface area (Å²) in [6, 6.07) is 7.96. The van der Waals surface area contributed by atoms with Crippen LogP contribution in [0.5, 0.6) is 0 Å². The summed E-state index contributed by atoms with van der Waals surface area (Å²) in [6.45, 7) is 1.99. The SMILES string of the molecule is CC(c1ccc(S(C)(=O)=O)cc1)N(C)C(=O)CC1CC2CCC(C1)N2. The number of nitrogens with one attached hydrogen (secondary N) is 1. The van der Waals surface area contributed by atoms with Gasteiger partial charge < -0.3 is 10.2 Å². The molecule has 25 heavy (non-hydrogen) atoms. The summed E-state index contributed by atoms with van der Waals surface area (Å²) in [6.07, 6.45) is 6.51. The number of nitrogens with zero attached hydrogens (tertiary/aromatic N) is 1. The molecule has 0 spiro atoms. The third-order valence-corrected chi connectivity index (χ3v) is 6.93. The monoisotopic (exact) mass is 364 g/mol. The van der Waals surface area contributed by atoms with Gasteiger partial charge in [0.1, 0.15) is 0 Å². The predicted molar refractivity (Wildman–Crippen MR) is 98.0 cm³/mol. The predicted octanol–water partition coefficient (Wildman–Crippen LogP) is 2.53. The van der Waals surface area contributed by atoms with Crippen LogP contribution >= 0.6 is 0 Å². The van der Waals surface area contributed by atoms with Gasteiger partial charge in [-0.3, -0.25) is 4.79 Å². The van der Waals surface area contributed by atoms with Crippen LogP contribution < -0.4 is 5.32 Å². The van der Waals surface area contributed by atoms with E-state index in [-0.39, 0.29) is 11.9 Å². The highest BCUT2D eigenvalue weighted by Gasteiger charge is 2.34. The lowest BCUT2D eigenvalue weighted by Gasteiger charge is -2.31. The molecule has 0 aliphatic carbocycles. The minimum Gasteiger partial charge on any atom is -0.339 e. The maximum Gasteiger partial charge on any atom is 0.223 e. The van der Waals surface area contributed by atoms with E-state index in [1.807, 2.05) is 14.0 Å². The highest BCUT2D eigenvalue weighted by Crippen LogP contribution is 2.33.